The van der Waals surface area contributed by atoms with Gasteiger partial charge >= 0.3 is 0 Å². The van der Waals surface area contributed by atoms with E-state index in [2.05, 4.69) is 10.6 Å². The molecule has 0 heterocycles. The van der Waals surface area contributed by atoms with Crippen molar-refractivity contribution < 1.29 is 19.1 Å². The second-order valence-electron chi connectivity index (χ2n) is 5.82. The first-order valence-corrected chi connectivity index (χ1v) is 8.67. The molecule has 0 aliphatic heterocycles. The molecule has 2 aromatic carbocycles. The number of hydrogen-bond acceptors (Lipinski definition) is 4. The molecule has 0 aliphatic rings. The van der Waals surface area contributed by atoms with E-state index >= 15 is 0 Å². The summed E-state index contributed by atoms with van der Waals surface area (Å²) in [6.45, 7) is 3.58. The van der Waals surface area contributed by atoms with Crippen LogP contribution >= 0.6 is 0 Å². The summed E-state index contributed by atoms with van der Waals surface area (Å²) in [7, 11) is 1.54. The lowest BCUT2D eigenvalue weighted by molar-refractivity contribution is -0.118. The molecule has 0 aromatic heterocycles. The highest BCUT2D eigenvalue weighted by molar-refractivity contribution is 6.03. The smallest absolute Gasteiger partial charge is 0.262 e. The zero-order valence-electron chi connectivity index (χ0n) is 15.7. The number of carbonyl (C=O) groups is 2. The minimum absolute atomic E-state index is 0.157. The van der Waals surface area contributed by atoms with E-state index in [4.69, 9.17) is 9.47 Å². The minimum atomic E-state index is -0.313. The van der Waals surface area contributed by atoms with Crippen LogP contribution in [0.5, 0.6) is 11.5 Å². The van der Waals surface area contributed by atoms with E-state index in [1.165, 1.54) is 0 Å². The third-order valence-electron chi connectivity index (χ3n) is 3.70. The molecule has 0 radical (unpaired) electrons. The van der Waals surface area contributed by atoms with Gasteiger partial charge in [0, 0.05) is 16.9 Å². The molecule has 2 rings (SSSR count). The summed E-state index contributed by atoms with van der Waals surface area (Å²) in [6, 6.07) is 14.1. The maximum Gasteiger partial charge on any atom is 0.262 e. The third-order valence-corrected chi connectivity index (χ3v) is 3.70. The van der Waals surface area contributed by atoms with E-state index in [0.717, 1.165) is 6.42 Å². The number of anilines is 2. The number of nitrogens with one attached hydrogen (secondary N) is 2. The van der Waals surface area contributed by atoms with Crippen molar-refractivity contribution in [1.29, 1.82) is 0 Å². The summed E-state index contributed by atoms with van der Waals surface area (Å²) in [5.41, 5.74) is 1.82. The Morgan fingerprint density at radius 1 is 1.00 bits per heavy atom. The van der Waals surface area contributed by atoms with Crippen molar-refractivity contribution in [2.45, 2.75) is 20.3 Å². The third kappa shape index (κ3) is 6.18. The molecule has 2 amide bonds. The first kappa shape index (κ1) is 20.0. The van der Waals surface area contributed by atoms with E-state index in [1.54, 1.807) is 56.5 Å². The molecule has 6 heteroatoms. The Labute approximate surface area is 159 Å². The number of ether oxygens (including phenoxy) is 2. The number of para-hydroxylation sites is 2. The monoisotopic (exact) mass is 368 g/mol. The predicted octanol–water partition coefficient (Wildman–Crippen LogP) is 4.01. The molecule has 2 N–H and O–H groups in total. The number of carbonyl (C=O) groups excluding carboxylic acids is 2. The minimum Gasteiger partial charge on any atom is -0.493 e. The normalized spacial score (nSPS) is 10.9. The van der Waals surface area contributed by atoms with Gasteiger partial charge < -0.3 is 20.1 Å². The lowest BCUT2D eigenvalue weighted by Gasteiger charge is -2.11. The van der Waals surface area contributed by atoms with E-state index in [0.29, 0.717) is 28.4 Å². The molecule has 0 saturated heterocycles. The Morgan fingerprint density at radius 3 is 2.33 bits per heavy atom. The Kier molecular flexibility index (Phi) is 7.43. The number of benzene rings is 2. The number of amides is 2. The van der Waals surface area contributed by atoms with Gasteiger partial charge in [-0.1, -0.05) is 31.2 Å². The van der Waals surface area contributed by atoms with Crippen LogP contribution in [-0.2, 0) is 9.59 Å². The van der Waals surface area contributed by atoms with Gasteiger partial charge in [-0.3, -0.25) is 9.59 Å². The molecule has 0 fully saturated rings. The zero-order valence-corrected chi connectivity index (χ0v) is 15.7. The molecule has 0 unspecified atom stereocenters. The Bertz CT molecular complexity index is 830. The first-order chi connectivity index (χ1) is 13.0. The molecule has 0 aliphatic carbocycles. The zero-order chi connectivity index (χ0) is 19.6. The van der Waals surface area contributed by atoms with Crippen LogP contribution in [-0.4, -0.2) is 25.5 Å². The van der Waals surface area contributed by atoms with E-state index in [9.17, 15) is 9.59 Å². The van der Waals surface area contributed by atoms with Gasteiger partial charge in [-0.05, 0) is 43.7 Å². The Hall–Kier alpha value is -3.28. The molecular weight excluding hydrogens is 344 g/mol. The lowest BCUT2D eigenvalue weighted by atomic mass is 10.2. The quantitative estimate of drug-likeness (QED) is 0.690. The molecule has 0 spiro atoms. The second-order valence-corrected chi connectivity index (χ2v) is 5.82. The number of hydrogen-bond donors (Lipinski definition) is 2. The summed E-state index contributed by atoms with van der Waals surface area (Å²) in [4.78, 5) is 24.2. The summed E-state index contributed by atoms with van der Waals surface area (Å²) in [6.07, 6.45) is 2.65. The fourth-order valence-electron chi connectivity index (χ4n) is 2.38. The second kappa shape index (κ2) is 10.0. The predicted molar refractivity (Wildman–Crippen MR) is 106 cm³/mol. The van der Waals surface area contributed by atoms with Gasteiger partial charge in [0.15, 0.2) is 18.1 Å². The van der Waals surface area contributed by atoms with Crippen LogP contribution in [0, 0.1) is 0 Å². The van der Waals surface area contributed by atoms with Crippen LogP contribution in [0.2, 0.25) is 0 Å². The van der Waals surface area contributed by atoms with Crippen molar-refractivity contribution in [3.63, 3.8) is 0 Å². The molecule has 6 nitrogen and oxygen atoms in total. The van der Waals surface area contributed by atoms with Gasteiger partial charge in [-0.2, -0.15) is 0 Å². The van der Waals surface area contributed by atoms with Crippen LogP contribution in [0.3, 0.4) is 0 Å². The van der Waals surface area contributed by atoms with Crippen molar-refractivity contribution in [2.24, 2.45) is 0 Å². The number of rotatable bonds is 8. The molecule has 142 valence electrons. The largest absolute Gasteiger partial charge is 0.493 e. The van der Waals surface area contributed by atoms with Crippen LogP contribution in [0.25, 0.3) is 0 Å². The van der Waals surface area contributed by atoms with E-state index in [-0.39, 0.29) is 18.4 Å². The van der Waals surface area contributed by atoms with Gasteiger partial charge in [0.25, 0.3) is 11.8 Å². The SMILES string of the molecule is CCC=C(C)C(=O)Nc1cccc(NC(=O)COc2ccccc2OC)c1. The summed E-state index contributed by atoms with van der Waals surface area (Å²) in [5.74, 6) is 0.575. The Balaban J connectivity index is 1.94. The average Bonchev–Trinajstić information content (AvgIpc) is 2.67. The molecule has 27 heavy (non-hydrogen) atoms. The fourth-order valence-corrected chi connectivity index (χ4v) is 2.38. The van der Waals surface area contributed by atoms with Gasteiger partial charge in [0.2, 0.25) is 0 Å². The van der Waals surface area contributed by atoms with Gasteiger partial charge in [-0.25, -0.2) is 0 Å². The molecule has 0 bridgehead atoms. The molecular formula is C21H24N2O4. The van der Waals surface area contributed by atoms with Crippen molar-refractivity contribution >= 4 is 23.2 Å². The lowest BCUT2D eigenvalue weighted by Crippen LogP contribution is -2.20. The first-order valence-electron chi connectivity index (χ1n) is 8.67. The van der Waals surface area contributed by atoms with E-state index in [1.807, 2.05) is 19.1 Å². The Morgan fingerprint density at radius 2 is 1.67 bits per heavy atom. The fraction of sp³-hybridized carbons (Fsp3) is 0.238. The highest BCUT2D eigenvalue weighted by atomic mass is 16.5. The van der Waals surface area contributed by atoms with Crippen molar-refractivity contribution in [1.82, 2.24) is 0 Å². The summed E-state index contributed by atoms with van der Waals surface area (Å²) in [5, 5.41) is 5.55. The number of methoxy groups -OCH3 is 1. The van der Waals surface area contributed by atoms with Gasteiger partial charge in [0.1, 0.15) is 0 Å². The van der Waals surface area contributed by atoms with Gasteiger partial charge in [0.05, 0.1) is 7.11 Å². The maximum absolute atomic E-state index is 12.1. The molecule has 0 atom stereocenters. The van der Waals surface area contributed by atoms with Crippen molar-refractivity contribution in [3.8, 4) is 11.5 Å². The van der Waals surface area contributed by atoms with Gasteiger partial charge in [-0.15, -0.1) is 0 Å². The summed E-state index contributed by atoms with van der Waals surface area (Å²) >= 11 is 0. The average molecular weight is 368 g/mol. The van der Waals surface area contributed by atoms with Crippen LogP contribution < -0.4 is 20.1 Å². The van der Waals surface area contributed by atoms with Crippen LogP contribution in [0.1, 0.15) is 20.3 Å². The standard InChI is InChI=1S/C21H24N2O4/c1-4-8-15(2)21(25)23-17-10-7-9-16(13-17)22-20(24)14-27-19-12-6-5-11-18(19)26-3/h5-13H,4,14H2,1-3H3,(H,22,24)(H,23,25). The highest BCUT2D eigenvalue weighted by Gasteiger charge is 2.09. The molecule has 2 aromatic rings. The topological polar surface area (TPSA) is 76.7 Å². The van der Waals surface area contributed by atoms with Crippen LogP contribution in [0.4, 0.5) is 11.4 Å². The maximum atomic E-state index is 12.1. The molecule has 0 saturated carbocycles. The summed E-state index contributed by atoms with van der Waals surface area (Å²) < 4.78 is 10.7. The van der Waals surface area contributed by atoms with Crippen molar-refractivity contribution in [2.75, 3.05) is 24.4 Å². The van der Waals surface area contributed by atoms with E-state index < -0.39 is 0 Å². The highest BCUT2D eigenvalue weighted by Crippen LogP contribution is 2.25. The van der Waals surface area contributed by atoms with Crippen molar-refractivity contribution in [3.05, 3.63) is 60.2 Å². The number of allylic oxidation sites excluding steroid dienone is 1. The van der Waals surface area contributed by atoms with Crippen LogP contribution in [0.15, 0.2) is 60.2 Å².